The molecule has 0 aliphatic carbocycles. The molecule has 2 unspecified atom stereocenters. The third kappa shape index (κ3) is 5.32. The first kappa shape index (κ1) is 17.3. The Morgan fingerprint density at radius 2 is 2.15 bits per heavy atom. The fourth-order valence-corrected chi connectivity index (χ4v) is 2.90. The van der Waals surface area contributed by atoms with E-state index in [1.54, 1.807) is 18.9 Å². The lowest BCUT2D eigenvalue weighted by Gasteiger charge is -2.16. The lowest BCUT2D eigenvalue weighted by atomic mass is 10.0. The number of methoxy groups -OCH3 is 1. The lowest BCUT2D eigenvalue weighted by molar-refractivity contribution is 0.113. The average Bonchev–Trinajstić information content (AvgIpc) is 2.47. The van der Waals surface area contributed by atoms with Gasteiger partial charge in [-0.25, -0.2) is 0 Å². The SMILES string of the molecule is CCNC(C)c1ccc(OC)c(CSCC(O)CO)c1. The summed E-state index contributed by atoms with van der Waals surface area (Å²) in [5.74, 6) is 2.14. The molecule has 0 saturated carbocycles. The maximum absolute atomic E-state index is 9.36. The van der Waals surface area contributed by atoms with Crippen molar-refractivity contribution in [2.24, 2.45) is 0 Å². The zero-order valence-electron chi connectivity index (χ0n) is 12.4. The molecule has 114 valence electrons. The van der Waals surface area contributed by atoms with Crippen LogP contribution in [0.1, 0.15) is 31.0 Å². The highest BCUT2D eigenvalue weighted by atomic mass is 32.2. The number of nitrogens with one attached hydrogen (secondary N) is 1. The van der Waals surface area contributed by atoms with Gasteiger partial charge in [-0.2, -0.15) is 11.8 Å². The highest BCUT2D eigenvalue weighted by molar-refractivity contribution is 7.98. The molecule has 0 bridgehead atoms. The molecule has 0 aromatic heterocycles. The van der Waals surface area contributed by atoms with Crippen molar-refractivity contribution in [2.75, 3.05) is 26.0 Å². The first-order valence-corrected chi connectivity index (χ1v) is 8.04. The standard InChI is InChI=1S/C15H25NO3S/c1-4-16-11(2)12-5-6-15(19-3)13(7-12)9-20-10-14(18)8-17/h5-7,11,14,16-18H,4,8-10H2,1-3H3. The van der Waals surface area contributed by atoms with Gasteiger partial charge in [0.15, 0.2) is 0 Å². The van der Waals surface area contributed by atoms with E-state index in [1.807, 2.05) is 6.07 Å². The maximum Gasteiger partial charge on any atom is 0.122 e. The summed E-state index contributed by atoms with van der Waals surface area (Å²) in [6, 6.07) is 6.51. The van der Waals surface area contributed by atoms with Crippen LogP contribution in [0, 0.1) is 0 Å². The lowest BCUT2D eigenvalue weighted by Crippen LogP contribution is -2.18. The summed E-state index contributed by atoms with van der Waals surface area (Å²) in [5.41, 5.74) is 2.34. The molecule has 0 heterocycles. The molecule has 1 aromatic carbocycles. The van der Waals surface area contributed by atoms with Gasteiger partial charge >= 0.3 is 0 Å². The van der Waals surface area contributed by atoms with E-state index in [0.29, 0.717) is 11.8 Å². The van der Waals surface area contributed by atoms with E-state index in [0.717, 1.165) is 23.6 Å². The number of aliphatic hydroxyl groups is 2. The van der Waals surface area contributed by atoms with Crippen LogP contribution in [0.5, 0.6) is 5.75 Å². The molecule has 2 atom stereocenters. The molecule has 4 nitrogen and oxygen atoms in total. The minimum atomic E-state index is -0.658. The van der Waals surface area contributed by atoms with Crippen molar-refractivity contribution in [1.29, 1.82) is 0 Å². The molecule has 0 aliphatic heterocycles. The Labute approximate surface area is 125 Å². The van der Waals surface area contributed by atoms with E-state index in [4.69, 9.17) is 9.84 Å². The van der Waals surface area contributed by atoms with Crippen molar-refractivity contribution in [3.05, 3.63) is 29.3 Å². The fourth-order valence-electron chi connectivity index (χ4n) is 1.96. The van der Waals surface area contributed by atoms with Gasteiger partial charge in [-0.3, -0.25) is 0 Å². The van der Waals surface area contributed by atoms with Crippen LogP contribution in [0.2, 0.25) is 0 Å². The molecule has 0 amide bonds. The van der Waals surface area contributed by atoms with Crippen molar-refractivity contribution in [2.45, 2.75) is 31.7 Å². The summed E-state index contributed by atoms with van der Waals surface area (Å²) in [7, 11) is 1.67. The normalized spacial score (nSPS) is 14.1. The van der Waals surface area contributed by atoms with Crippen LogP contribution >= 0.6 is 11.8 Å². The van der Waals surface area contributed by atoms with E-state index in [-0.39, 0.29) is 6.61 Å². The van der Waals surface area contributed by atoms with Gasteiger partial charge in [0, 0.05) is 23.1 Å². The Kier molecular flexibility index (Phi) is 7.99. The van der Waals surface area contributed by atoms with Gasteiger partial charge < -0.3 is 20.3 Å². The third-order valence-electron chi connectivity index (χ3n) is 3.09. The average molecular weight is 299 g/mol. The smallest absolute Gasteiger partial charge is 0.122 e. The van der Waals surface area contributed by atoms with E-state index in [9.17, 15) is 5.11 Å². The highest BCUT2D eigenvalue weighted by Crippen LogP contribution is 2.27. The van der Waals surface area contributed by atoms with Crippen molar-refractivity contribution >= 4 is 11.8 Å². The van der Waals surface area contributed by atoms with Crippen LogP contribution in [0.4, 0.5) is 0 Å². The van der Waals surface area contributed by atoms with Gasteiger partial charge in [0.1, 0.15) is 5.75 Å². The largest absolute Gasteiger partial charge is 0.496 e. The number of benzene rings is 1. The quantitative estimate of drug-likeness (QED) is 0.650. The van der Waals surface area contributed by atoms with Gasteiger partial charge in [0.05, 0.1) is 19.8 Å². The second kappa shape index (κ2) is 9.23. The molecule has 1 rings (SSSR count). The number of hydrogen-bond acceptors (Lipinski definition) is 5. The van der Waals surface area contributed by atoms with Gasteiger partial charge in [0.2, 0.25) is 0 Å². The molecule has 1 aromatic rings. The maximum atomic E-state index is 9.36. The molecular formula is C15H25NO3S. The minimum Gasteiger partial charge on any atom is -0.496 e. The Bertz CT molecular complexity index is 401. The Morgan fingerprint density at radius 1 is 1.40 bits per heavy atom. The second-order valence-electron chi connectivity index (χ2n) is 4.70. The number of aliphatic hydroxyl groups excluding tert-OH is 2. The molecule has 3 N–H and O–H groups in total. The molecular weight excluding hydrogens is 274 g/mol. The molecule has 20 heavy (non-hydrogen) atoms. The summed E-state index contributed by atoms with van der Waals surface area (Å²) in [5, 5.41) is 21.6. The van der Waals surface area contributed by atoms with Gasteiger partial charge in [-0.1, -0.05) is 13.0 Å². The van der Waals surface area contributed by atoms with Crippen LogP contribution in [0.15, 0.2) is 18.2 Å². The molecule has 5 heteroatoms. The van der Waals surface area contributed by atoms with E-state index < -0.39 is 6.10 Å². The van der Waals surface area contributed by atoms with Crippen molar-refractivity contribution in [1.82, 2.24) is 5.32 Å². The zero-order chi connectivity index (χ0) is 15.0. The predicted molar refractivity (Wildman–Crippen MR) is 84.3 cm³/mol. The summed E-state index contributed by atoms with van der Waals surface area (Å²) < 4.78 is 5.38. The van der Waals surface area contributed by atoms with E-state index >= 15 is 0 Å². The number of rotatable bonds is 9. The molecule has 0 radical (unpaired) electrons. The Morgan fingerprint density at radius 3 is 2.75 bits per heavy atom. The molecule has 0 fully saturated rings. The summed E-state index contributed by atoms with van der Waals surface area (Å²) >= 11 is 1.59. The Hall–Kier alpha value is -0.750. The van der Waals surface area contributed by atoms with Crippen molar-refractivity contribution in [3.8, 4) is 5.75 Å². The van der Waals surface area contributed by atoms with Gasteiger partial charge in [-0.15, -0.1) is 0 Å². The fraction of sp³-hybridized carbons (Fsp3) is 0.600. The summed E-state index contributed by atoms with van der Waals surface area (Å²) in [6.07, 6.45) is -0.658. The van der Waals surface area contributed by atoms with E-state index in [1.165, 1.54) is 5.56 Å². The number of ether oxygens (including phenoxy) is 1. The summed E-state index contributed by atoms with van der Waals surface area (Å²) in [4.78, 5) is 0. The zero-order valence-corrected chi connectivity index (χ0v) is 13.2. The number of thioether (sulfide) groups is 1. The van der Waals surface area contributed by atoms with Crippen LogP contribution in [-0.2, 0) is 5.75 Å². The van der Waals surface area contributed by atoms with Gasteiger partial charge in [-0.05, 0) is 31.2 Å². The van der Waals surface area contributed by atoms with Crippen molar-refractivity contribution in [3.63, 3.8) is 0 Å². The van der Waals surface area contributed by atoms with Crippen molar-refractivity contribution < 1.29 is 14.9 Å². The molecule has 0 aliphatic rings. The topological polar surface area (TPSA) is 61.7 Å². The first-order chi connectivity index (χ1) is 9.62. The Balaban J connectivity index is 2.73. The second-order valence-corrected chi connectivity index (χ2v) is 5.73. The number of hydrogen-bond donors (Lipinski definition) is 3. The minimum absolute atomic E-state index is 0.193. The monoisotopic (exact) mass is 299 g/mol. The van der Waals surface area contributed by atoms with Crippen LogP contribution in [-0.4, -0.2) is 42.3 Å². The summed E-state index contributed by atoms with van der Waals surface area (Å²) in [6.45, 7) is 4.96. The predicted octanol–water partition coefficient (Wildman–Crippen LogP) is 1.95. The van der Waals surface area contributed by atoms with Gasteiger partial charge in [0.25, 0.3) is 0 Å². The van der Waals surface area contributed by atoms with Crippen LogP contribution in [0.25, 0.3) is 0 Å². The molecule has 0 spiro atoms. The third-order valence-corrected chi connectivity index (χ3v) is 4.23. The highest BCUT2D eigenvalue weighted by Gasteiger charge is 2.10. The van der Waals surface area contributed by atoms with Crippen LogP contribution < -0.4 is 10.1 Å². The van der Waals surface area contributed by atoms with E-state index in [2.05, 4.69) is 31.3 Å². The first-order valence-electron chi connectivity index (χ1n) is 6.89. The molecule has 0 saturated heterocycles. The van der Waals surface area contributed by atoms with Crippen LogP contribution in [0.3, 0.4) is 0 Å².